The van der Waals surface area contributed by atoms with Gasteiger partial charge in [-0.3, -0.25) is 0 Å². The van der Waals surface area contributed by atoms with Gasteiger partial charge in [-0.2, -0.15) is 17.0 Å². The van der Waals surface area contributed by atoms with Crippen molar-refractivity contribution < 1.29 is 5.11 Å². The summed E-state index contributed by atoms with van der Waals surface area (Å²) in [6.07, 6.45) is 1.97. The minimum absolute atomic E-state index is 0.120. The van der Waals surface area contributed by atoms with Crippen LogP contribution in [0.4, 0.5) is 5.69 Å². The smallest absolute Gasteiger partial charge is 0.101 e. The third-order valence-corrected chi connectivity index (χ3v) is 3.63. The average Bonchev–Trinajstić information content (AvgIpc) is 2.31. The summed E-state index contributed by atoms with van der Waals surface area (Å²) < 4.78 is 0. The molecule has 1 aromatic rings. The Balaban J connectivity index is 2.76. The summed E-state index contributed by atoms with van der Waals surface area (Å²) >= 11 is 1.62. The van der Waals surface area contributed by atoms with E-state index in [0.717, 1.165) is 5.69 Å². The first-order valence-electron chi connectivity index (χ1n) is 5.12. The molecular weight excluding hydrogens is 220 g/mol. The largest absolute Gasteiger partial charge is 0.395 e. The normalized spacial score (nSPS) is 13.9. The lowest BCUT2D eigenvalue weighted by Crippen LogP contribution is -2.31. The fourth-order valence-corrected chi connectivity index (χ4v) is 2.11. The first kappa shape index (κ1) is 12.9. The Kier molecular flexibility index (Phi) is 5.17. The molecule has 1 rings (SSSR count). The molecule has 0 radical (unpaired) electrons. The quantitative estimate of drug-likeness (QED) is 0.822. The molecule has 4 heteroatoms. The number of hydrogen-bond donors (Lipinski definition) is 2. The number of nitrogens with zero attached hydrogens (tertiary/aromatic N) is 1. The maximum atomic E-state index is 9.18. The van der Waals surface area contributed by atoms with Crippen LogP contribution in [0.25, 0.3) is 0 Å². The van der Waals surface area contributed by atoms with Crippen LogP contribution in [0, 0.1) is 11.3 Å². The van der Waals surface area contributed by atoms with Crippen molar-refractivity contribution in [2.75, 3.05) is 18.2 Å². The average molecular weight is 236 g/mol. The Morgan fingerprint density at radius 3 is 2.75 bits per heavy atom. The van der Waals surface area contributed by atoms with Crippen LogP contribution in [0.15, 0.2) is 24.3 Å². The fourth-order valence-electron chi connectivity index (χ4n) is 1.48. The first-order valence-corrected chi connectivity index (χ1v) is 6.41. The number of hydrogen-bond acceptors (Lipinski definition) is 4. The Hall–Kier alpha value is -1.18. The molecule has 2 N–H and O–H groups in total. The van der Waals surface area contributed by atoms with E-state index in [4.69, 9.17) is 5.26 Å². The van der Waals surface area contributed by atoms with Gasteiger partial charge < -0.3 is 10.4 Å². The van der Waals surface area contributed by atoms with Gasteiger partial charge >= 0.3 is 0 Å². The topological polar surface area (TPSA) is 56.0 Å². The van der Waals surface area contributed by atoms with Crippen molar-refractivity contribution in [2.24, 2.45) is 0 Å². The maximum Gasteiger partial charge on any atom is 0.101 e. The van der Waals surface area contributed by atoms with E-state index in [1.807, 2.05) is 31.4 Å². The van der Waals surface area contributed by atoms with Gasteiger partial charge in [0.1, 0.15) is 6.07 Å². The van der Waals surface area contributed by atoms with E-state index in [2.05, 4.69) is 11.4 Å². The van der Waals surface area contributed by atoms with E-state index < -0.39 is 0 Å². The highest BCUT2D eigenvalue weighted by Gasteiger charge is 2.15. The van der Waals surface area contributed by atoms with Gasteiger partial charge in [0.2, 0.25) is 0 Å². The lowest BCUT2D eigenvalue weighted by molar-refractivity contribution is 0.288. The van der Waals surface area contributed by atoms with E-state index in [-0.39, 0.29) is 17.9 Å². The molecule has 0 saturated heterocycles. The summed E-state index contributed by atoms with van der Waals surface area (Å²) in [4.78, 5) is 0. The van der Waals surface area contributed by atoms with Crippen molar-refractivity contribution in [3.63, 3.8) is 0 Å². The van der Waals surface area contributed by atoms with Crippen LogP contribution in [0.1, 0.15) is 12.5 Å². The van der Waals surface area contributed by atoms with Crippen LogP contribution in [0.2, 0.25) is 0 Å². The predicted octanol–water partition coefficient (Wildman–Crippen LogP) is 2.08. The molecule has 0 bridgehead atoms. The molecule has 0 fully saturated rings. The van der Waals surface area contributed by atoms with E-state index in [0.29, 0.717) is 5.56 Å². The highest BCUT2D eigenvalue weighted by Crippen LogP contribution is 2.19. The van der Waals surface area contributed by atoms with Gasteiger partial charge in [0, 0.05) is 11.3 Å². The molecular formula is C12H16N2OS. The molecule has 0 aliphatic rings. The summed E-state index contributed by atoms with van der Waals surface area (Å²) in [6.45, 7) is 2.13. The standard InChI is InChI=1S/C12H16N2OS/c1-9(12(8-15)16-2)14-11-6-4-3-5-10(11)7-13/h3-6,9,12,14-15H,8H2,1-2H3. The fraction of sp³-hybridized carbons (Fsp3) is 0.417. The molecule has 86 valence electrons. The van der Waals surface area contributed by atoms with Gasteiger partial charge in [-0.15, -0.1) is 0 Å². The van der Waals surface area contributed by atoms with Gasteiger partial charge in [-0.25, -0.2) is 0 Å². The molecule has 0 aliphatic heterocycles. The minimum Gasteiger partial charge on any atom is -0.395 e. The molecule has 0 saturated carbocycles. The minimum atomic E-state index is 0.120. The second-order valence-corrected chi connectivity index (χ2v) is 4.62. The number of aliphatic hydroxyl groups is 1. The molecule has 0 aromatic heterocycles. The number of benzene rings is 1. The second-order valence-electron chi connectivity index (χ2n) is 3.55. The first-order chi connectivity index (χ1) is 7.72. The summed E-state index contributed by atoms with van der Waals surface area (Å²) in [7, 11) is 0. The van der Waals surface area contributed by atoms with Crippen molar-refractivity contribution in [3.8, 4) is 6.07 Å². The zero-order chi connectivity index (χ0) is 12.0. The maximum absolute atomic E-state index is 9.18. The van der Waals surface area contributed by atoms with Crippen molar-refractivity contribution in [2.45, 2.75) is 18.2 Å². The Labute approximate surface area is 100 Å². The molecule has 0 heterocycles. The summed E-state index contributed by atoms with van der Waals surface area (Å²) in [5.74, 6) is 0. The zero-order valence-corrected chi connectivity index (χ0v) is 10.3. The number of nitrogens with one attached hydrogen (secondary N) is 1. The van der Waals surface area contributed by atoms with Gasteiger partial charge in [-0.05, 0) is 25.3 Å². The van der Waals surface area contributed by atoms with Crippen LogP contribution < -0.4 is 5.32 Å². The van der Waals surface area contributed by atoms with E-state index in [9.17, 15) is 5.11 Å². The van der Waals surface area contributed by atoms with E-state index in [1.165, 1.54) is 0 Å². The SMILES string of the molecule is CSC(CO)C(C)Nc1ccccc1C#N. The predicted molar refractivity (Wildman–Crippen MR) is 68.6 cm³/mol. The van der Waals surface area contributed by atoms with Crippen LogP contribution in [-0.2, 0) is 0 Å². The molecule has 1 aromatic carbocycles. The number of aliphatic hydroxyl groups excluding tert-OH is 1. The molecule has 2 unspecified atom stereocenters. The lowest BCUT2D eigenvalue weighted by Gasteiger charge is -2.22. The number of thioether (sulfide) groups is 1. The van der Waals surface area contributed by atoms with Gasteiger partial charge in [0.15, 0.2) is 0 Å². The van der Waals surface area contributed by atoms with E-state index >= 15 is 0 Å². The Bertz CT molecular complexity index is 372. The summed E-state index contributed by atoms with van der Waals surface area (Å²) in [6, 6.07) is 9.65. The van der Waals surface area contributed by atoms with Crippen molar-refractivity contribution in [3.05, 3.63) is 29.8 Å². The number of para-hydroxylation sites is 1. The number of rotatable bonds is 5. The third kappa shape index (κ3) is 3.16. The Morgan fingerprint density at radius 2 is 2.19 bits per heavy atom. The van der Waals surface area contributed by atoms with Crippen LogP contribution in [-0.4, -0.2) is 29.3 Å². The number of nitriles is 1. The third-order valence-electron chi connectivity index (χ3n) is 2.47. The molecule has 0 aliphatic carbocycles. The molecule has 0 spiro atoms. The Morgan fingerprint density at radius 1 is 1.50 bits per heavy atom. The van der Waals surface area contributed by atoms with Crippen LogP contribution in [0.3, 0.4) is 0 Å². The van der Waals surface area contributed by atoms with Crippen molar-refractivity contribution in [1.82, 2.24) is 0 Å². The molecule has 0 amide bonds. The van der Waals surface area contributed by atoms with Gasteiger partial charge in [-0.1, -0.05) is 12.1 Å². The van der Waals surface area contributed by atoms with Crippen LogP contribution >= 0.6 is 11.8 Å². The second kappa shape index (κ2) is 6.41. The molecule has 2 atom stereocenters. The monoisotopic (exact) mass is 236 g/mol. The summed E-state index contributed by atoms with van der Waals surface area (Å²) in [5, 5.41) is 21.5. The van der Waals surface area contributed by atoms with Gasteiger partial charge in [0.05, 0.1) is 17.9 Å². The van der Waals surface area contributed by atoms with Crippen LogP contribution in [0.5, 0.6) is 0 Å². The highest BCUT2D eigenvalue weighted by atomic mass is 32.2. The van der Waals surface area contributed by atoms with Crippen molar-refractivity contribution in [1.29, 1.82) is 5.26 Å². The highest BCUT2D eigenvalue weighted by molar-refractivity contribution is 7.99. The molecule has 3 nitrogen and oxygen atoms in total. The van der Waals surface area contributed by atoms with Crippen molar-refractivity contribution >= 4 is 17.4 Å². The van der Waals surface area contributed by atoms with E-state index in [1.54, 1.807) is 17.8 Å². The molecule has 16 heavy (non-hydrogen) atoms. The van der Waals surface area contributed by atoms with Gasteiger partial charge in [0.25, 0.3) is 0 Å². The zero-order valence-electron chi connectivity index (χ0n) is 9.47. The number of anilines is 1. The summed E-state index contributed by atoms with van der Waals surface area (Å²) in [5.41, 5.74) is 1.46. The lowest BCUT2D eigenvalue weighted by atomic mass is 10.1.